The van der Waals surface area contributed by atoms with Gasteiger partial charge in [-0.2, -0.15) is 0 Å². The third-order valence-corrected chi connectivity index (χ3v) is 6.87. The molecule has 0 spiro atoms. The van der Waals surface area contributed by atoms with Gasteiger partial charge in [-0.25, -0.2) is 0 Å². The molecule has 36 heavy (non-hydrogen) atoms. The van der Waals surface area contributed by atoms with E-state index in [4.69, 9.17) is 30.5 Å². The van der Waals surface area contributed by atoms with E-state index in [1.165, 1.54) is 43.3 Å². The minimum Gasteiger partial charge on any atom is -0.872 e. The number of halogens is 1. The molecule has 2 aromatic carbocycles. The smallest absolute Gasteiger partial charge is 0.295 e. The Bertz CT molecular complexity index is 1180. The second-order valence-corrected chi connectivity index (χ2v) is 8.96. The number of quaternary nitrogens is 1. The third-order valence-electron chi connectivity index (χ3n) is 6.57. The fourth-order valence-electron chi connectivity index (χ4n) is 4.62. The van der Waals surface area contributed by atoms with Crippen LogP contribution in [0.3, 0.4) is 0 Å². The first-order valence-electron chi connectivity index (χ1n) is 11.6. The van der Waals surface area contributed by atoms with E-state index in [0.717, 1.165) is 13.1 Å². The number of amides is 1. The van der Waals surface area contributed by atoms with Crippen LogP contribution in [-0.2, 0) is 14.3 Å². The highest BCUT2D eigenvalue weighted by Gasteiger charge is 2.44. The summed E-state index contributed by atoms with van der Waals surface area (Å²) in [6, 6.07) is 8.78. The minimum absolute atomic E-state index is 0.120. The number of ketones is 1. The third kappa shape index (κ3) is 5.00. The molecular weight excluding hydrogens is 488 g/mol. The normalized spacial score (nSPS) is 20.0. The van der Waals surface area contributed by atoms with Crippen molar-refractivity contribution >= 4 is 29.1 Å². The zero-order valence-corrected chi connectivity index (χ0v) is 21.2. The van der Waals surface area contributed by atoms with E-state index in [1.807, 2.05) is 0 Å². The van der Waals surface area contributed by atoms with Gasteiger partial charge in [0.1, 0.15) is 18.8 Å². The highest BCUT2D eigenvalue weighted by atomic mass is 35.5. The molecule has 2 aliphatic rings. The quantitative estimate of drug-likeness (QED) is 0.310. The molecule has 0 bridgehead atoms. The van der Waals surface area contributed by atoms with E-state index in [0.29, 0.717) is 49.1 Å². The second-order valence-electron chi connectivity index (χ2n) is 8.55. The van der Waals surface area contributed by atoms with E-state index in [-0.39, 0.29) is 16.2 Å². The standard InChI is InChI=1S/C26H29ClN2O7/c1-33-19-6-5-17(14-18(19)27)24(30)22-23(16-4-7-20(34-2)21(15-16)35-3)29(26(32)25(22)31)9-8-28-10-12-36-13-11-28/h4-7,14-15,23,30H,8-13H2,1-3H3. The molecule has 0 aliphatic carbocycles. The van der Waals surface area contributed by atoms with Gasteiger partial charge < -0.3 is 33.9 Å². The maximum atomic E-state index is 13.7. The number of hydrogen-bond donors (Lipinski definition) is 1. The number of nitrogens with zero attached hydrogens (tertiary/aromatic N) is 1. The van der Waals surface area contributed by atoms with Gasteiger partial charge in [0.2, 0.25) is 5.78 Å². The van der Waals surface area contributed by atoms with Crippen molar-refractivity contribution in [1.29, 1.82) is 0 Å². The van der Waals surface area contributed by atoms with Crippen molar-refractivity contribution < 1.29 is 38.5 Å². The fourth-order valence-corrected chi connectivity index (χ4v) is 4.88. The summed E-state index contributed by atoms with van der Waals surface area (Å²) in [5.74, 6) is -0.748. The number of rotatable bonds is 8. The maximum Gasteiger partial charge on any atom is 0.295 e. The number of ether oxygens (including phenoxy) is 4. The van der Waals surface area contributed by atoms with Gasteiger partial charge in [0.05, 0.1) is 58.7 Å². The average Bonchev–Trinajstić information content (AvgIpc) is 3.16. The van der Waals surface area contributed by atoms with Crippen molar-refractivity contribution in [3.63, 3.8) is 0 Å². The molecule has 2 aromatic rings. The Morgan fingerprint density at radius 3 is 2.33 bits per heavy atom. The summed E-state index contributed by atoms with van der Waals surface area (Å²) in [5, 5.41) is 13.9. The van der Waals surface area contributed by atoms with Gasteiger partial charge in [-0.15, -0.1) is 0 Å². The van der Waals surface area contributed by atoms with Crippen LogP contribution >= 0.6 is 11.6 Å². The lowest BCUT2D eigenvalue weighted by molar-refractivity contribution is -0.907. The van der Waals surface area contributed by atoms with Crippen LogP contribution in [0.2, 0.25) is 5.02 Å². The number of benzene rings is 2. The number of morpholine rings is 1. The molecule has 4 rings (SSSR count). The first kappa shape index (κ1) is 25.8. The van der Waals surface area contributed by atoms with Crippen molar-refractivity contribution in [3.05, 3.63) is 58.1 Å². The summed E-state index contributed by atoms with van der Waals surface area (Å²) in [6.07, 6.45) is 0. The summed E-state index contributed by atoms with van der Waals surface area (Å²) >= 11 is 6.24. The maximum absolute atomic E-state index is 13.7. The monoisotopic (exact) mass is 516 g/mol. The minimum atomic E-state index is -0.876. The van der Waals surface area contributed by atoms with Crippen LogP contribution in [0.5, 0.6) is 17.2 Å². The summed E-state index contributed by atoms with van der Waals surface area (Å²) in [6.45, 7) is 3.86. The molecule has 10 heteroatoms. The van der Waals surface area contributed by atoms with Gasteiger partial charge in [-0.1, -0.05) is 29.5 Å². The van der Waals surface area contributed by atoms with E-state index < -0.39 is 23.5 Å². The van der Waals surface area contributed by atoms with Crippen molar-refractivity contribution in [1.82, 2.24) is 4.90 Å². The van der Waals surface area contributed by atoms with Crippen LogP contribution in [0.4, 0.5) is 0 Å². The van der Waals surface area contributed by atoms with E-state index >= 15 is 0 Å². The summed E-state index contributed by atoms with van der Waals surface area (Å²) in [7, 11) is 4.49. The molecule has 2 aliphatic heterocycles. The number of hydrogen-bond acceptors (Lipinski definition) is 7. The second kappa shape index (κ2) is 11.2. The topological polar surface area (TPSA) is 102 Å². The van der Waals surface area contributed by atoms with Crippen molar-refractivity contribution in [2.75, 3.05) is 60.7 Å². The van der Waals surface area contributed by atoms with E-state index in [1.54, 1.807) is 24.3 Å². The summed E-state index contributed by atoms with van der Waals surface area (Å²) < 4.78 is 21.4. The van der Waals surface area contributed by atoms with Crippen LogP contribution in [0, 0.1) is 0 Å². The lowest BCUT2D eigenvalue weighted by Gasteiger charge is -2.30. The van der Waals surface area contributed by atoms with Gasteiger partial charge in [0, 0.05) is 5.57 Å². The molecule has 1 atom stereocenters. The molecule has 9 nitrogen and oxygen atoms in total. The predicted octanol–water partition coefficient (Wildman–Crippen LogP) is 0.505. The molecule has 2 heterocycles. The highest BCUT2D eigenvalue weighted by Crippen LogP contribution is 2.41. The lowest BCUT2D eigenvalue weighted by atomic mass is 9.95. The van der Waals surface area contributed by atoms with Crippen LogP contribution in [0.15, 0.2) is 42.0 Å². The molecule has 2 saturated heterocycles. The Balaban J connectivity index is 1.79. The van der Waals surface area contributed by atoms with Crippen molar-refractivity contribution in [3.8, 4) is 17.2 Å². The first-order chi connectivity index (χ1) is 17.4. The zero-order chi connectivity index (χ0) is 25.8. The molecule has 1 N–H and O–H groups in total. The first-order valence-corrected chi connectivity index (χ1v) is 12.0. The molecule has 0 aromatic heterocycles. The van der Waals surface area contributed by atoms with Crippen molar-refractivity contribution in [2.45, 2.75) is 6.04 Å². The van der Waals surface area contributed by atoms with Gasteiger partial charge >= 0.3 is 0 Å². The van der Waals surface area contributed by atoms with Gasteiger partial charge in [-0.3, -0.25) is 9.59 Å². The Morgan fingerprint density at radius 2 is 1.69 bits per heavy atom. The number of methoxy groups -OCH3 is 3. The predicted molar refractivity (Wildman–Crippen MR) is 130 cm³/mol. The number of Topliss-reactive ketones (excluding diaryl/α,β-unsaturated/α-hetero) is 1. The Hall–Kier alpha value is -3.27. The van der Waals surface area contributed by atoms with Crippen LogP contribution in [-0.4, -0.2) is 77.3 Å². The zero-order valence-electron chi connectivity index (χ0n) is 20.5. The average molecular weight is 517 g/mol. The molecule has 1 unspecified atom stereocenters. The molecule has 192 valence electrons. The molecule has 0 radical (unpaired) electrons. The van der Waals surface area contributed by atoms with Crippen molar-refractivity contribution in [2.24, 2.45) is 0 Å². The van der Waals surface area contributed by atoms with Crippen LogP contribution in [0.1, 0.15) is 17.2 Å². The molecule has 1 amide bonds. The van der Waals surface area contributed by atoms with Gasteiger partial charge in [-0.05, 0) is 35.4 Å². The number of carbonyl (C=O) groups excluding carboxylic acids is 2. The van der Waals surface area contributed by atoms with Gasteiger partial charge in [0.25, 0.3) is 5.91 Å². The number of nitrogens with one attached hydrogen (secondary N) is 1. The highest BCUT2D eigenvalue weighted by molar-refractivity contribution is 6.46. The fraction of sp³-hybridized carbons (Fsp3) is 0.385. The van der Waals surface area contributed by atoms with Crippen LogP contribution in [0.25, 0.3) is 5.76 Å². The summed E-state index contributed by atoms with van der Waals surface area (Å²) in [5.41, 5.74) is 0.653. The Labute approximate surface area is 214 Å². The number of carbonyl (C=O) groups is 2. The Kier molecular flexibility index (Phi) is 8.03. The largest absolute Gasteiger partial charge is 0.872 e. The number of likely N-dealkylation sites (tertiary alicyclic amines) is 1. The van der Waals surface area contributed by atoms with E-state index in [9.17, 15) is 14.7 Å². The lowest BCUT2D eigenvalue weighted by Crippen LogP contribution is -3.14. The molecule has 0 saturated carbocycles. The SMILES string of the molecule is COc1ccc(C([O-])=C2C(=O)C(=O)N(CC[NH+]3CCOCC3)C2c2ccc(OC)c(OC)c2)cc1Cl. The van der Waals surface area contributed by atoms with Gasteiger partial charge in [0.15, 0.2) is 11.5 Å². The van der Waals surface area contributed by atoms with Crippen LogP contribution < -0.4 is 24.2 Å². The summed E-state index contributed by atoms with van der Waals surface area (Å²) in [4.78, 5) is 29.2. The Morgan fingerprint density at radius 1 is 1.03 bits per heavy atom. The molecular formula is C26H29ClN2O7. The van der Waals surface area contributed by atoms with E-state index in [2.05, 4.69) is 0 Å². The molecule has 2 fully saturated rings.